The third-order valence-electron chi connectivity index (χ3n) is 4.68. The lowest BCUT2D eigenvalue weighted by Gasteiger charge is -2.32. The number of aliphatic hydroxyl groups excluding tert-OH is 2. The van der Waals surface area contributed by atoms with Crippen molar-refractivity contribution in [2.45, 2.75) is 51.6 Å². The zero-order valence-electron chi connectivity index (χ0n) is 15.0. The predicted octanol–water partition coefficient (Wildman–Crippen LogP) is 3.03. The van der Waals surface area contributed by atoms with Crippen LogP contribution in [-0.2, 0) is 11.3 Å². The molecule has 0 radical (unpaired) electrons. The van der Waals surface area contributed by atoms with E-state index in [1.165, 1.54) is 0 Å². The van der Waals surface area contributed by atoms with E-state index in [4.69, 9.17) is 11.6 Å². The fraction of sp³-hybridized carbons (Fsp3) is 0.526. The van der Waals surface area contributed by atoms with Gasteiger partial charge in [-0.2, -0.15) is 0 Å². The Balaban J connectivity index is 1.98. The molecule has 3 N–H and O–H groups in total. The van der Waals surface area contributed by atoms with Crippen LogP contribution < -0.4 is 5.32 Å². The third-order valence-corrected chi connectivity index (χ3v) is 5.71. The maximum Gasteiger partial charge on any atom is 0.237 e. The number of nitrogens with one attached hydrogen (secondary N) is 1. The SMILES string of the molecule is C/C=C(/Br)CC(C)C(O)N1C[C@H](O)C[C@H]1C(=O)NCc1ccc(Cl)cc1. The van der Waals surface area contributed by atoms with Gasteiger partial charge in [-0.25, -0.2) is 0 Å². The van der Waals surface area contributed by atoms with Crippen molar-refractivity contribution >= 4 is 33.4 Å². The van der Waals surface area contributed by atoms with Crippen molar-refractivity contribution in [3.63, 3.8) is 0 Å². The molecule has 1 fully saturated rings. The lowest BCUT2D eigenvalue weighted by atomic mass is 10.0. The normalized spacial score (nSPS) is 23.7. The van der Waals surface area contributed by atoms with Gasteiger partial charge < -0.3 is 15.5 Å². The molecule has 1 amide bonds. The van der Waals surface area contributed by atoms with Gasteiger partial charge >= 0.3 is 0 Å². The third kappa shape index (κ3) is 5.79. The summed E-state index contributed by atoms with van der Waals surface area (Å²) < 4.78 is 1.01. The van der Waals surface area contributed by atoms with Crippen LogP contribution in [0.1, 0.15) is 32.3 Å². The van der Waals surface area contributed by atoms with Crippen LogP contribution in [0.5, 0.6) is 0 Å². The fourth-order valence-electron chi connectivity index (χ4n) is 3.16. The Kier molecular flexibility index (Phi) is 8.10. The van der Waals surface area contributed by atoms with Crippen LogP contribution in [0.3, 0.4) is 0 Å². The number of aliphatic hydroxyl groups is 2. The van der Waals surface area contributed by atoms with Crippen molar-refractivity contribution in [3.8, 4) is 0 Å². The Hall–Kier alpha value is -0.920. The monoisotopic (exact) mass is 444 g/mol. The molecule has 0 saturated carbocycles. The average molecular weight is 446 g/mol. The Labute approximate surface area is 168 Å². The first-order valence-electron chi connectivity index (χ1n) is 8.76. The second-order valence-corrected chi connectivity index (χ2v) is 8.23. The highest BCUT2D eigenvalue weighted by Gasteiger charge is 2.40. The second-order valence-electron chi connectivity index (χ2n) is 6.78. The molecule has 2 unspecified atom stereocenters. The molecule has 7 heteroatoms. The highest BCUT2D eigenvalue weighted by molar-refractivity contribution is 9.11. The Bertz CT molecular complexity index is 638. The molecule has 0 aliphatic carbocycles. The molecular formula is C19H26BrClN2O3. The number of carbonyl (C=O) groups excluding carboxylic acids is 1. The quantitative estimate of drug-likeness (QED) is 0.603. The first-order valence-corrected chi connectivity index (χ1v) is 9.93. The molecular weight excluding hydrogens is 420 g/mol. The van der Waals surface area contributed by atoms with Gasteiger partial charge in [-0.05, 0) is 41.9 Å². The molecule has 0 bridgehead atoms. The van der Waals surface area contributed by atoms with E-state index in [-0.39, 0.29) is 18.4 Å². The van der Waals surface area contributed by atoms with E-state index >= 15 is 0 Å². The summed E-state index contributed by atoms with van der Waals surface area (Å²) >= 11 is 9.33. The number of hydrogen-bond acceptors (Lipinski definition) is 4. The molecule has 1 aliphatic heterocycles. The molecule has 26 heavy (non-hydrogen) atoms. The fourth-order valence-corrected chi connectivity index (χ4v) is 3.79. The first kappa shape index (κ1) is 21.4. The predicted molar refractivity (Wildman–Crippen MR) is 107 cm³/mol. The lowest BCUT2D eigenvalue weighted by molar-refractivity contribution is -0.131. The van der Waals surface area contributed by atoms with E-state index < -0.39 is 18.4 Å². The van der Waals surface area contributed by atoms with Crippen molar-refractivity contribution in [2.24, 2.45) is 5.92 Å². The number of hydrogen-bond donors (Lipinski definition) is 3. The highest BCUT2D eigenvalue weighted by atomic mass is 79.9. The number of carbonyl (C=O) groups is 1. The summed E-state index contributed by atoms with van der Waals surface area (Å²) in [5, 5.41) is 24.3. The number of amides is 1. The molecule has 0 spiro atoms. The minimum atomic E-state index is -0.800. The highest BCUT2D eigenvalue weighted by Crippen LogP contribution is 2.27. The summed E-state index contributed by atoms with van der Waals surface area (Å²) in [7, 11) is 0. The number of nitrogens with zero attached hydrogens (tertiary/aromatic N) is 1. The molecule has 144 valence electrons. The van der Waals surface area contributed by atoms with Gasteiger partial charge in [0.2, 0.25) is 5.91 Å². The average Bonchev–Trinajstić information content (AvgIpc) is 3.01. The van der Waals surface area contributed by atoms with Crippen LogP contribution in [0.4, 0.5) is 0 Å². The van der Waals surface area contributed by atoms with Crippen LogP contribution in [0.15, 0.2) is 34.8 Å². The summed E-state index contributed by atoms with van der Waals surface area (Å²) in [5.74, 6) is -0.259. The van der Waals surface area contributed by atoms with Gasteiger partial charge in [0.25, 0.3) is 0 Å². The van der Waals surface area contributed by atoms with E-state index in [2.05, 4.69) is 21.2 Å². The van der Waals surface area contributed by atoms with Gasteiger partial charge in [0.1, 0.15) is 6.23 Å². The molecule has 2 rings (SSSR count). The van der Waals surface area contributed by atoms with E-state index in [9.17, 15) is 15.0 Å². The minimum Gasteiger partial charge on any atom is -0.392 e. The maximum absolute atomic E-state index is 12.6. The van der Waals surface area contributed by atoms with Gasteiger partial charge in [0.15, 0.2) is 0 Å². The van der Waals surface area contributed by atoms with E-state index in [1.54, 1.807) is 17.0 Å². The molecule has 5 nitrogen and oxygen atoms in total. The van der Waals surface area contributed by atoms with Crippen molar-refractivity contribution in [3.05, 3.63) is 45.4 Å². The molecule has 1 saturated heterocycles. The van der Waals surface area contributed by atoms with E-state index in [0.29, 0.717) is 24.4 Å². The van der Waals surface area contributed by atoms with Crippen LogP contribution in [0.25, 0.3) is 0 Å². The lowest BCUT2D eigenvalue weighted by Crippen LogP contribution is -2.49. The van der Waals surface area contributed by atoms with Crippen LogP contribution in [0.2, 0.25) is 5.02 Å². The Morgan fingerprint density at radius 2 is 2.12 bits per heavy atom. The molecule has 1 heterocycles. The number of β-amino-alcohol motifs (C(OH)–C–C–N with tert-alkyl or cyclic N) is 1. The largest absolute Gasteiger partial charge is 0.392 e. The zero-order chi connectivity index (χ0) is 19.3. The molecule has 4 atom stereocenters. The van der Waals surface area contributed by atoms with Gasteiger partial charge in [-0.3, -0.25) is 9.69 Å². The summed E-state index contributed by atoms with van der Waals surface area (Å²) in [6, 6.07) is 6.72. The van der Waals surface area contributed by atoms with Crippen molar-refractivity contribution in [1.82, 2.24) is 10.2 Å². The van der Waals surface area contributed by atoms with Gasteiger partial charge in [-0.1, -0.05) is 52.7 Å². The number of rotatable bonds is 7. The molecule has 1 aromatic carbocycles. The Morgan fingerprint density at radius 1 is 1.46 bits per heavy atom. The summed E-state index contributed by atoms with van der Waals surface area (Å²) in [4.78, 5) is 14.3. The van der Waals surface area contributed by atoms with Gasteiger partial charge in [0.05, 0.1) is 12.1 Å². The summed E-state index contributed by atoms with van der Waals surface area (Å²) in [5.41, 5.74) is 0.943. The van der Waals surface area contributed by atoms with Crippen molar-refractivity contribution in [1.29, 1.82) is 0 Å². The minimum absolute atomic E-state index is 0.0718. The Morgan fingerprint density at radius 3 is 2.73 bits per heavy atom. The summed E-state index contributed by atoms with van der Waals surface area (Å²) in [6.45, 7) is 4.53. The van der Waals surface area contributed by atoms with Gasteiger partial charge in [0, 0.05) is 24.0 Å². The second kappa shape index (κ2) is 9.85. The summed E-state index contributed by atoms with van der Waals surface area (Å²) in [6.07, 6.45) is 1.52. The number of likely N-dealkylation sites (tertiary alicyclic amines) is 1. The van der Waals surface area contributed by atoms with Gasteiger partial charge in [-0.15, -0.1) is 0 Å². The zero-order valence-corrected chi connectivity index (χ0v) is 17.4. The number of benzene rings is 1. The molecule has 0 aromatic heterocycles. The topological polar surface area (TPSA) is 72.8 Å². The molecule has 1 aromatic rings. The smallest absolute Gasteiger partial charge is 0.237 e. The van der Waals surface area contributed by atoms with Crippen LogP contribution in [0, 0.1) is 5.92 Å². The maximum atomic E-state index is 12.6. The van der Waals surface area contributed by atoms with Crippen LogP contribution >= 0.6 is 27.5 Å². The van der Waals surface area contributed by atoms with Crippen molar-refractivity contribution < 1.29 is 15.0 Å². The molecule has 1 aliphatic rings. The van der Waals surface area contributed by atoms with E-state index in [0.717, 1.165) is 10.0 Å². The number of allylic oxidation sites excluding steroid dienone is 2. The standard InChI is InChI=1S/C19H26BrClN2O3/c1-3-14(20)8-12(2)19(26)23-11-16(24)9-17(23)18(25)22-10-13-4-6-15(21)7-5-13/h3-7,12,16-17,19,24,26H,8-11H2,1-2H3,(H,22,25)/b14-3+/t12?,16-,17+,19?/m1/s1. The van der Waals surface area contributed by atoms with Crippen molar-refractivity contribution in [2.75, 3.05) is 6.54 Å². The van der Waals surface area contributed by atoms with E-state index in [1.807, 2.05) is 32.1 Å². The van der Waals surface area contributed by atoms with Crippen LogP contribution in [-0.4, -0.2) is 45.9 Å². The first-order chi connectivity index (χ1) is 12.3. The number of halogens is 2.